The Morgan fingerprint density at radius 1 is 1.15 bits per heavy atom. The van der Waals surface area contributed by atoms with Crippen LogP contribution in [0.15, 0.2) is 48.5 Å². The number of benzene rings is 2. The molecule has 1 aliphatic heterocycles. The van der Waals surface area contributed by atoms with Gasteiger partial charge in [0.2, 0.25) is 0 Å². The first-order chi connectivity index (χ1) is 13.0. The SMILES string of the molecule is O=C(NCC1CCN(Cc2ccccc2)C1)C(=O)Nc1ccc(Cl)c(F)c1. The van der Waals surface area contributed by atoms with Crippen LogP contribution in [-0.2, 0) is 16.1 Å². The topological polar surface area (TPSA) is 61.4 Å². The molecule has 1 atom stereocenters. The van der Waals surface area contributed by atoms with Crippen LogP contribution in [0.4, 0.5) is 10.1 Å². The minimum absolute atomic E-state index is 0.0428. The second-order valence-electron chi connectivity index (χ2n) is 6.67. The van der Waals surface area contributed by atoms with E-state index in [1.165, 1.54) is 17.7 Å². The molecule has 0 saturated carbocycles. The third-order valence-electron chi connectivity index (χ3n) is 4.55. The summed E-state index contributed by atoms with van der Waals surface area (Å²) >= 11 is 5.59. The molecular weight excluding hydrogens is 369 g/mol. The van der Waals surface area contributed by atoms with Crippen molar-refractivity contribution < 1.29 is 14.0 Å². The van der Waals surface area contributed by atoms with Gasteiger partial charge >= 0.3 is 11.8 Å². The zero-order valence-electron chi connectivity index (χ0n) is 14.8. The molecule has 27 heavy (non-hydrogen) atoms. The van der Waals surface area contributed by atoms with Crippen LogP contribution in [0.5, 0.6) is 0 Å². The Labute approximate surface area is 162 Å². The molecule has 2 amide bonds. The molecule has 0 radical (unpaired) electrons. The summed E-state index contributed by atoms with van der Waals surface area (Å²) in [4.78, 5) is 26.2. The van der Waals surface area contributed by atoms with Crippen molar-refractivity contribution in [2.45, 2.75) is 13.0 Å². The van der Waals surface area contributed by atoms with Gasteiger partial charge in [-0.1, -0.05) is 41.9 Å². The van der Waals surface area contributed by atoms with E-state index >= 15 is 0 Å². The van der Waals surface area contributed by atoms with E-state index < -0.39 is 17.6 Å². The molecule has 7 heteroatoms. The van der Waals surface area contributed by atoms with Crippen molar-refractivity contribution in [3.63, 3.8) is 0 Å². The van der Waals surface area contributed by atoms with Gasteiger partial charge in [-0.15, -0.1) is 0 Å². The molecule has 1 unspecified atom stereocenters. The van der Waals surface area contributed by atoms with Crippen LogP contribution in [0.25, 0.3) is 0 Å². The first-order valence-corrected chi connectivity index (χ1v) is 9.19. The smallest absolute Gasteiger partial charge is 0.313 e. The molecule has 5 nitrogen and oxygen atoms in total. The molecular formula is C20H21ClFN3O2. The highest BCUT2D eigenvalue weighted by Crippen LogP contribution is 2.19. The van der Waals surface area contributed by atoms with Gasteiger partial charge < -0.3 is 10.6 Å². The van der Waals surface area contributed by atoms with E-state index in [0.717, 1.165) is 32.1 Å². The predicted molar refractivity (Wildman–Crippen MR) is 103 cm³/mol. The van der Waals surface area contributed by atoms with Crippen LogP contribution in [0.2, 0.25) is 5.02 Å². The molecule has 0 bridgehead atoms. The highest BCUT2D eigenvalue weighted by atomic mass is 35.5. The van der Waals surface area contributed by atoms with Gasteiger partial charge in [0.1, 0.15) is 5.82 Å². The van der Waals surface area contributed by atoms with Gasteiger partial charge in [-0.2, -0.15) is 0 Å². The number of likely N-dealkylation sites (tertiary alicyclic amines) is 1. The number of halogens is 2. The monoisotopic (exact) mass is 389 g/mol. The minimum atomic E-state index is -0.823. The maximum atomic E-state index is 13.4. The minimum Gasteiger partial charge on any atom is -0.347 e. The molecule has 0 aromatic heterocycles. The molecule has 142 valence electrons. The van der Waals surface area contributed by atoms with E-state index in [1.807, 2.05) is 18.2 Å². The average Bonchev–Trinajstić information content (AvgIpc) is 3.11. The van der Waals surface area contributed by atoms with E-state index in [9.17, 15) is 14.0 Å². The number of amides is 2. The number of rotatable bonds is 5. The lowest BCUT2D eigenvalue weighted by Crippen LogP contribution is -2.38. The highest BCUT2D eigenvalue weighted by molar-refractivity contribution is 6.39. The van der Waals surface area contributed by atoms with E-state index in [4.69, 9.17) is 11.6 Å². The average molecular weight is 390 g/mol. The van der Waals surface area contributed by atoms with E-state index in [2.05, 4.69) is 27.7 Å². The van der Waals surface area contributed by atoms with Crippen molar-refractivity contribution >= 4 is 29.1 Å². The van der Waals surface area contributed by atoms with Crippen molar-refractivity contribution in [3.8, 4) is 0 Å². The number of nitrogens with zero attached hydrogens (tertiary/aromatic N) is 1. The number of anilines is 1. The summed E-state index contributed by atoms with van der Waals surface area (Å²) in [6, 6.07) is 14.1. The van der Waals surface area contributed by atoms with Gasteiger partial charge in [-0.3, -0.25) is 14.5 Å². The van der Waals surface area contributed by atoms with E-state index in [1.54, 1.807) is 0 Å². The fourth-order valence-electron chi connectivity index (χ4n) is 3.14. The van der Waals surface area contributed by atoms with Gasteiger partial charge in [0, 0.05) is 25.3 Å². The lowest BCUT2D eigenvalue weighted by atomic mass is 10.1. The molecule has 2 N–H and O–H groups in total. The molecule has 0 spiro atoms. The second kappa shape index (κ2) is 8.97. The molecule has 1 heterocycles. The Hall–Kier alpha value is -2.44. The summed E-state index contributed by atoms with van der Waals surface area (Å²) < 4.78 is 13.4. The maximum Gasteiger partial charge on any atom is 0.313 e. The molecule has 1 aliphatic rings. The predicted octanol–water partition coefficient (Wildman–Crippen LogP) is 3.06. The third-order valence-corrected chi connectivity index (χ3v) is 4.86. The molecule has 1 fully saturated rings. The second-order valence-corrected chi connectivity index (χ2v) is 7.08. The van der Waals surface area contributed by atoms with Crippen molar-refractivity contribution in [2.75, 3.05) is 25.0 Å². The largest absolute Gasteiger partial charge is 0.347 e. The van der Waals surface area contributed by atoms with E-state index in [0.29, 0.717) is 12.5 Å². The van der Waals surface area contributed by atoms with Crippen LogP contribution < -0.4 is 10.6 Å². The van der Waals surface area contributed by atoms with Crippen LogP contribution >= 0.6 is 11.6 Å². The summed E-state index contributed by atoms with van der Waals surface area (Å²) in [6.45, 7) is 3.16. The van der Waals surface area contributed by atoms with Gasteiger partial charge in [-0.05, 0) is 42.6 Å². The van der Waals surface area contributed by atoms with Crippen LogP contribution in [-0.4, -0.2) is 36.3 Å². The number of carbonyl (C=O) groups is 2. The summed E-state index contributed by atoms with van der Waals surface area (Å²) in [5.41, 5.74) is 1.45. The lowest BCUT2D eigenvalue weighted by Gasteiger charge is -2.16. The lowest BCUT2D eigenvalue weighted by molar-refractivity contribution is -0.136. The first kappa shape index (κ1) is 19.3. The number of hydrogen-bond donors (Lipinski definition) is 2. The van der Waals surface area contributed by atoms with Crippen LogP contribution in [0.1, 0.15) is 12.0 Å². The number of hydrogen-bond acceptors (Lipinski definition) is 3. The third kappa shape index (κ3) is 5.52. The zero-order valence-corrected chi connectivity index (χ0v) is 15.5. The first-order valence-electron chi connectivity index (χ1n) is 8.82. The molecule has 3 rings (SSSR count). The Morgan fingerprint density at radius 2 is 1.93 bits per heavy atom. The van der Waals surface area contributed by atoms with Crippen LogP contribution in [0.3, 0.4) is 0 Å². The summed E-state index contributed by atoms with van der Waals surface area (Å²) in [7, 11) is 0. The molecule has 2 aromatic carbocycles. The van der Waals surface area contributed by atoms with Gasteiger partial charge in [0.05, 0.1) is 5.02 Å². The molecule has 0 aliphatic carbocycles. The van der Waals surface area contributed by atoms with Crippen molar-refractivity contribution in [1.29, 1.82) is 0 Å². The van der Waals surface area contributed by atoms with E-state index in [-0.39, 0.29) is 10.7 Å². The summed E-state index contributed by atoms with van der Waals surface area (Å²) in [5.74, 6) is -1.90. The normalized spacial score (nSPS) is 16.9. The number of nitrogens with one attached hydrogen (secondary N) is 2. The number of carbonyl (C=O) groups excluding carboxylic acids is 2. The van der Waals surface area contributed by atoms with Gasteiger partial charge in [-0.25, -0.2) is 4.39 Å². The molecule has 1 saturated heterocycles. The Kier molecular flexibility index (Phi) is 6.42. The van der Waals surface area contributed by atoms with Crippen molar-refractivity contribution in [3.05, 3.63) is 64.9 Å². The molecule has 2 aromatic rings. The summed E-state index contributed by atoms with van der Waals surface area (Å²) in [5, 5.41) is 4.98. The zero-order chi connectivity index (χ0) is 19.2. The quantitative estimate of drug-likeness (QED) is 0.773. The highest BCUT2D eigenvalue weighted by Gasteiger charge is 2.24. The van der Waals surface area contributed by atoms with Gasteiger partial charge in [0.15, 0.2) is 0 Å². The Balaban J connectivity index is 1.42. The Morgan fingerprint density at radius 3 is 2.67 bits per heavy atom. The van der Waals surface area contributed by atoms with Gasteiger partial charge in [0.25, 0.3) is 0 Å². The fraction of sp³-hybridized carbons (Fsp3) is 0.300. The standard InChI is InChI=1S/C20H21ClFN3O2/c21-17-7-6-16(10-18(17)22)24-20(27)19(26)23-11-15-8-9-25(13-15)12-14-4-2-1-3-5-14/h1-7,10,15H,8-9,11-13H2,(H,23,26)(H,24,27). The van der Waals surface area contributed by atoms with Crippen molar-refractivity contribution in [2.24, 2.45) is 5.92 Å². The summed E-state index contributed by atoms with van der Waals surface area (Å²) in [6.07, 6.45) is 0.969. The van der Waals surface area contributed by atoms with Crippen LogP contribution in [0, 0.1) is 11.7 Å². The Bertz CT molecular complexity index is 816. The van der Waals surface area contributed by atoms with Crippen molar-refractivity contribution in [1.82, 2.24) is 10.2 Å². The fourth-order valence-corrected chi connectivity index (χ4v) is 3.26. The maximum absolute atomic E-state index is 13.4.